The number of aryl methyl sites for hydroxylation is 2. The van der Waals surface area contributed by atoms with E-state index in [1.807, 2.05) is 26.0 Å². The van der Waals surface area contributed by atoms with E-state index in [0.717, 1.165) is 12.2 Å². The van der Waals surface area contributed by atoms with Crippen LogP contribution in [0.3, 0.4) is 0 Å². The van der Waals surface area contributed by atoms with Crippen molar-refractivity contribution < 1.29 is 9.34 Å². The molecule has 0 radical (unpaired) electrons. The fourth-order valence-electron chi connectivity index (χ4n) is 2.34. The van der Waals surface area contributed by atoms with Crippen molar-refractivity contribution in [3.8, 4) is 0 Å². The second-order valence-electron chi connectivity index (χ2n) is 5.10. The predicted octanol–water partition coefficient (Wildman–Crippen LogP) is 2.92. The highest BCUT2D eigenvalue weighted by atomic mass is 16.6. The molecule has 7 heteroatoms. The quantitative estimate of drug-likeness (QED) is 0.626. The lowest BCUT2D eigenvalue weighted by atomic mass is 10.2. The van der Waals surface area contributed by atoms with Crippen LogP contribution in [-0.4, -0.2) is 20.7 Å². The van der Waals surface area contributed by atoms with Crippen LogP contribution in [0.15, 0.2) is 22.8 Å². The third kappa shape index (κ3) is 3.42. The summed E-state index contributed by atoms with van der Waals surface area (Å²) in [7, 11) is 1.72. The monoisotopic (exact) mass is 292 g/mol. The summed E-state index contributed by atoms with van der Waals surface area (Å²) in [4.78, 5) is 11.0. The molecule has 0 saturated heterocycles. The maximum absolute atomic E-state index is 11.3. The zero-order chi connectivity index (χ0) is 15.4. The average Bonchev–Trinajstić information content (AvgIpc) is 2.99. The van der Waals surface area contributed by atoms with Gasteiger partial charge in [0.05, 0.1) is 11.2 Å². The van der Waals surface area contributed by atoms with Crippen molar-refractivity contribution >= 4 is 11.5 Å². The number of hydrogen-bond acceptors (Lipinski definition) is 5. The second kappa shape index (κ2) is 6.43. The molecular formula is C14H20N4O3. The average molecular weight is 292 g/mol. The summed E-state index contributed by atoms with van der Waals surface area (Å²) in [5, 5.41) is 18.8. The van der Waals surface area contributed by atoms with Gasteiger partial charge in [0.25, 0.3) is 0 Å². The van der Waals surface area contributed by atoms with Gasteiger partial charge < -0.3 is 9.73 Å². The molecule has 21 heavy (non-hydrogen) atoms. The fourth-order valence-corrected chi connectivity index (χ4v) is 2.34. The van der Waals surface area contributed by atoms with Crippen LogP contribution in [0.5, 0.6) is 0 Å². The summed E-state index contributed by atoms with van der Waals surface area (Å²) < 4.78 is 6.84. The minimum atomic E-state index is -0.361. The molecule has 0 spiro atoms. The molecule has 7 nitrogen and oxygen atoms in total. The first-order valence-electron chi connectivity index (χ1n) is 7.02. The van der Waals surface area contributed by atoms with E-state index in [-0.39, 0.29) is 16.7 Å². The Balaban J connectivity index is 2.20. The lowest BCUT2D eigenvalue weighted by Gasteiger charge is -2.13. The van der Waals surface area contributed by atoms with Gasteiger partial charge in [0, 0.05) is 19.5 Å². The van der Waals surface area contributed by atoms with Gasteiger partial charge in [-0.3, -0.25) is 10.1 Å². The SMILES string of the molecule is CCCc1nn(C)c(NC(C)Cc2ccco2)c1[N+](=O)[O-]. The van der Waals surface area contributed by atoms with Crippen LogP contribution in [-0.2, 0) is 19.9 Å². The van der Waals surface area contributed by atoms with Crippen LogP contribution in [0.2, 0.25) is 0 Å². The second-order valence-corrected chi connectivity index (χ2v) is 5.10. The minimum absolute atomic E-state index is 0.000253. The molecule has 1 unspecified atom stereocenters. The molecule has 0 amide bonds. The number of anilines is 1. The first-order chi connectivity index (χ1) is 10.0. The number of rotatable bonds is 7. The summed E-state index contributed by atoms with van der Waals surface area (Å²) in [5.41, 5.74) is 0.600. The summed E-state index contributed by atoms with van der Waals surface area (Å²) in [5.74, 6) is 1.29. The van der Waals surface area contributed by atoms with Crippen LogP contribution in [0.1, 0.15) is 31.7 Å². The number of aromatic nitrogens is 2. The standard InChI is InChI=1S/C14H20N4O3/c1-4-6-12-13(18(19)20)14(17(3)16-12)15-10(2)9-11-7-5-8-21-11/h5,7-8,10,15H,4,6,9H2,1-3H3. The molecule has 1 N–H and O–H groups in total. The van der Waals surface area contributed by atoms with Gasteiger partial charge >= 0.3 is 5.69 Å². The minimum Gasteiger partial charge on any atom is -0.469 e. The van der Waals surface area contributed by atoms with Crippen molar-refractivity contribution in [3.63, 3.8) is 0 Å². The molecule has 2 aromatic heterocycles. The molecule has 2 heterocycles. The van der Waals surface area contributed by atoms with E-state index in [2.05, 4.69) is 10.4 Å². The maximum Gasteiger partial charge on any atom is 0.333 e. The van der Waals surface area contributed by atoms with E-state index in [4.69, 9.17) is 4.42 Å². The van der Waals surface area contributed by atoms with Crippen molar-refractivity contribution in [2.45, 2.75) is 39.2 Å². The molecular weight excluding hydrogens is 272 g/mol. The molecule has 2 aromatic rings. The lowest BCUT2D eigenvalue weighted by molar-refractivity contribution is -0.384. The highest BCUT2D eigenvalue weighted by Crippen LogP contribution is 2.29. The smallest absolute Gasteiger partial charge is 0.333 e. The van der Waals surface area contributed by atoms with E-state index in [0.29, 0.717) is 24.4 Å². The highest BCUT2D eigenvalue weighted by Gasteiger charge is 2.27. The van der Waals surface area contributed by atoms with E-state index in [9.17, 15) is 10.1 Å². The Morgan fingerprint density at radius 3 is 2.90 bits per heavy atom. The summed E-state index contributed by atoms with van der Waals surface area (Å²) in [6.07, 6.45) is 3.68. The zero-order valence-electron chi connectivity index (χ0n) is 12.5. The van der Waals surface area contributed by atoms with Gasteiger partial charge in [0.15, 0.2) is 0 Å². The number of nitrogens with one attached hydrogen (secondary N) is 1. The Kier molecular flexibility index (Phi) is 4.62. The Labute approximate surface area is 123 Å². The zero-order valence-corrected chi connectivity index (χ0v) is 12.5. The predicted molar refractivity (Wildman–Crippen MR) is 79.4 cm³/mol. The first-order valence-corrected chi connectivity index (χ1v) is 7.02. The fraction of sp³-hybridized carbons (Fsp3) is 0.500. The van der Waals surface area contributed by atoms with Crippen LogP contribution in [0.4, 0.5) is 11.5 Å². The topological polar surface area (TPSA) is 86.1 Å². The van der Waals surface area contributed by atoms with E-state index in [1.165, 1.54) is 0 Å². The van der Waals surface area contributed by atoms with E-state index in [1.54, 1.807) is 18.0 Å². The maximum atomic E-state index is 11.3. The molecule has 0 aliphatic carbocycles. The molecule has 0 aromatic carbocycles. The van der Waals surface area contributed by atoms with E-state index < -0.39 is 0 Å². The Hall–Kier alpha value is -2.31. The Morgan fingerprint density at radius 2 is 2.33 bits per heavy atom. The van der Waals surface area contributed by atoms with Gasteiger partial charge in [0.1, 0.15) is 11.5 Å². The van der Waals surface area contributed by atoms with Gasteiger partial charge in [-0.15, -0.1) is 0 Å². The molecule has 0 bridgehead atoms. The first kappa shape index (κ1) is 15.1. The molecule has 114 valence electrons. The Bertz CT molecular complexity index is 604. The molecule has 0 fully saturated rings. The van der Waals surface area contributed by atoms with Crippen LogP contribution >= 0.6 is 0 Å². The van der Waals surface area contributed by atoms with Crippen molar-refractivity contribution in [2.24, 2.45) is 7.05 Å². The van der Waals surface area contributed by atoms with Gasteiger partial charge in [0.2, 0.25) is 5.82 Å². The number of furan rings is 1. The number of nitrogens with zero attached hydrogens (tertiary/aromatic N) is 3. The number of nitro groups is 1. The van der Waals surface area contributed by atoms with Crippen LogP contribution in [0, 0.1) is 10.1 Å². The molecule has 0 saturated carbocycles. The summed E-state index contributed by atoms with van der Waals surface area (Å²) in [6, 6.07) is 3.71. The van der Waals surface area contributed by atoms with Crippen molar-refractivity contribution in [2.75, 3.05) is 5.32 Å². The molecule has 2 rings (SSSR count). The largest absolute Gasteiger partial charge is 0.469 e. The van der Waals surface area contributed by atoms with E-state index >= 15 is 0 Å². The van der Waals surface area contributed by atoms with Crippen molar-refractivity contribution in [1.82, 2.24) is 9.78 Å². The third-order valence-corrected chi connectivity index (χ3v) is 3.23. The van der Waals surface area contributed by atoms with Crippen molar-refractivity contribution in [3.05, 3.63) is 40.0 Å². The Morgan fingerprint density at radius 1 is 1.57 bits per heavy atom. The molecule has 1 atom stereocenters. The highest BCUT2D eigenvalue weighted by molar-refractivity contribution is 5.60. The normalized spacial score (nSPS) is 12.3. The summed E-state index contributed by atoms with van der Waals surface area (Å²) in [6.45, 7) is 3.93. The lowest BCUT2D eigenvalue weighted by Crippen LogP contribution is -2.20. The molecule has 0 aliphatic rings. The van der Waals surface area contributed by atoms with Gasteiger partial charge in [-0.2, -0.15) is 5.10 Å². The van der Waals surface area contributed by atoms with Gasteiger partial charge in [-0.05, 0) is 25.5 Å². The third-order valence-electron chi connectivity index (χ3n) is 3.23. The molecule has 0 aliphatic heterocycles. The van der Waals surface area contributed by atoms with Crippen LogP contribution in [0.25, 0.3) is 0 Å². The van der Waals surface area contributed by atoms with Crippen LogP contribution < -0.4 is 5.32 Å². The van der Waals surface area contributed by atoms with Gasteiger partial charge in [-0.1, -0.05) is 13.3 Å². The number of hydrogen-bond donors (Lipinski definition) is 1. The van der Waals surface area contributed by atoms with Crippen molar-refractivity contribution in [1.29, 1.82) is 0 Å². The summed E-state index contributed by atoms with van der Waals surface area (Å²) >= 11 is 0. The van der Waals surface area contributed by atoms with Gasteiger partial charge in [-0.25, -0.2) is 4.68 Å².